The van der Waals surface area contributed by atoms with Crippen LogP contribution in [0.2, 0.25) is 0 Å². The number of hydrogen-bond acceptors (Lipinski definition) is 5. The van der Waals surface area contributed by atoms with E-state index in [-0.39, 0.29) is 17.9 Å². The fraction of sp³-hybridized carbons (Fsp3) is 0.480. The molecule has 1 saturated heterocycles. The Morgan fingerprint density at radius 2 is 1.58 bits per heavy atom. The van der Waals surface area contributed by atoms with Gasteiger partial charge in [-0.05, 0) is 69.4 Å². The zero-order valence-electron chi connectivity index (χ0n) is 20.3. The lowest BCUT2D eigenvalue weighted by Gasteiger charge is -2.32. The zero-order chi connectivity index (χ0) is 24.3. The Balaban J connectivity index is 1.64. The van der Waals surface area contributed by atoms with Crippen LogP contribution in [0.15, 0.2) is 35.2 Å². The molecule has 1 amide bonds. The number of hydrogen-bond donors (Lipinski definition) is 1. The third kappa shape index (κ3) is 5.33. The molecule has 1 heterocycles. The standard InChI is InChI=1S/C25H34N2O5S/c1-16-13-17(2)24(18(3)14-16)33(29,30)27-11-9-20(10-12-27)25(28)26-19(4)21-7-8-22(31-5)23(15-21)32-6/h7-8,13-15,19-20H,9-12H2,1-6H3,(H,26,28). The molecule has 1 fully saturated rings. The monoisotopic (exact) mass is 474 g/mol. The molecule has 0 spiro atoms. The van der Waals surface area contributed by atoms with Gasteiger partial charge >= 0.3 is 0 Å². The summed E-state index contributed by atoms with van der Waals surface area (Å²) >= 11 is 0. The molecule has 2 aromatic rings. The van der Waals surface area contributed by atoms with Crippen molar-refractivity contribution in [3.8, 4) is 11.5 Å². The molecule has 0 bridgehead atoms. The number of rotatable bonds is 7. The van der Waals surface area contributed by atoms with Crippen LogP contribution in [0.25, 0.3) is 0 Å². The number of benzene rings is 2. The van der Waals surface area contributed by atoms with Gasteiger partial charge in [-0.2, -0.15) is 4.31 Å². The van der Waals surface area contributed by atoms with Crippen molar-refractivity contribution in [2.24, 2.45) is 5.92 Å². The number of nitrogens with zero attached hydrogens (tertiary/aromatic N) is 1. The molecule has 0 saturated carbocycles. The van der Waals surface area contributed by atoms with Crippen LogP contribution >= 0.6 is 0 Å². The van der Waals surface area contributed by atoms with Crippen molar-refractivity contribution in [3.05, 3.63) is 52.6 Å². The second-order valence-electron chi connectivity index (χ2n) is 8.75. The Bertz CT molecular complexity index is 1100. The maximum absolute atomic E-state index is 13.3. The quantitative estimate of drug-likeness (QED) is 0.658. The number of methoxy groups -OCH3 is 2. The van der Waals surface area contributed by atoms with Crippen LogP contribution in [0.4, 0.5) is 0 Å². The Hall–Kier alpha value is -2.58. The molecule has 3 rings (SSSR count). The SMILES string of the molecule is COc1ccc(C(C)NC(=O)C2CCN(S(=O)(=O)c3c(C)cc(C)cc3C)CC2)cc1OC. The number of nitrogens with one attached hydrogen (secondary N) is 1. The molecule has 1 atom stereocenters. The highest BCUT2D eigenvalue weighted by Gasteiger charge is 2.34. The van der Waals surface area contributed by atoms with Gasteiger partial charge in [0.05, 0.1) is 25.2 Å². The molecule has 180 valence electrons. The topological polar surface area (TPSA) is 84.9 Å². The van der Waals surface area contributed by atoms with E-state index in [0.717, 1.165) is 22.3 Å². The lowest BCUT2D eigenvalue weighted by Crippen LogP contribution is -2.43. The maximum atomic E-state index is 13.3. The molecule has 2 aromatic carbocycles. The number of carbonyl (C=O) groups excluding carboxylic acids is 1. The molecule has 1 N–H and O–H groups in total. The first-order valence-electron chi connectivity index (χ1n) is 11.2. The van der Waals surface area contributed by atoms with Gasteiger partial charge in [0.2, 0.25) is 15.9 Å². The molecule has 0 aromatic heterocycles. The van der Waals surface area contributed by atoms with Crippen molar-refractivity contribution in [1.82, 2.24) is 9.62 Å². The largest absolute Gasteiger partial charge is 0.493 e. The molecule has 7 nitrogen and oxygen atoms in total. The zero-order valence-corrected chi connectivity index (χ0v) is 21.1. The molecular weight excluding hydrogens is 440 g/mol. The first-order chi connectivity index (χ1) is 15.6. The van der Waals surface area contributed by atoms with E-state index in [4.69, 9.17) is 9.47 Å². The van der Waals surface area contributed by atoms with Gasteiger partial charge in [0.15, 0.2) is 11.5 Å². The lowest BCUT2D eigenvalue weighted by molar-refractivity contribution is -0.126. The molecule has 0 radical (unpaired) electrons. The number of ether oxygens (including phenoxy) is 2. The number of piperidine rings is 1. The second-order valence-corrected chi connectivity index (χ2v) is 10.6. The van der Waals surface area contributed by atoms with E-state index >= 15 is 0 Å². The molecule has 1 aliphatic rings. The van der Waals surface area contributed by atoms with Crippen molar-refractivity contribution in [1.29, 1.82) is 0 Å². The van der Waals surface area contributed by atoms with E-state index in [1.54, 1.807) is 14.2 Å². The average Bonchev–Trinajstić information content (AvgIpc) is 2.77. The van der Waals surface area contributed by atoms with Gasteiger partial charge in [0.25, 0.3) is 0 Å². The predicted octanol–water partition coefficient (Wildman–Crippen LogP) is 3.91. The van der Waals surface area contributed by atoms with Gasteiger partial charge in [-0.1, -0.05) is 23.8 Å². The van der Waals surface area contributed by atoms with Crippen molar-refractivity contribution >= 4 is 15.9 Å². The van der Waals surface area contributed by atoms with Gasteiger partial charge in [0.1, 0.15) is 0 Å². The summed E-state index contributed by atoms with van der Waals surface area (Å²) < 4.78 is 38.7. The van der Waals surface area contributed by atoms with Gasteiger partial charge in [-0.25, -0.2) is 8.42 Å². The van der Waals surface area contributed by atoms with Crippen LogP contribution in [0.5, 0.6) is 11.5 Å². The highest BCUT2D eigenvalue weighted by molar-refractivity contribution is 7.89. The summed E-state index contributed by atoms with van der Waals surface area (Å²) in [6, 6.07) is 9.15. The number of aryl methyl sites for hydroxylation is 3. The normalized spacial score (nSPS) is 16.3. The van der Waals surface area contributed by atoms with Gasteiger partial charge in [0, 0.05) is 19.0 Å². The third-order valence-electron chi connectivity index (χ3n) is 6.29. The van der Waals surface area contributed by atoms with Gasteiger partial charge in [-0.3, -0.25) is 4.79 Å². The summed E-state index contributed by atoms with van der Waals surface area (Å²) in [5.74, 6) is 0.958. The van der Waals surface area contributed by atoms with Crippen LogP contribution in [0, 0.1) is 26.7 Å². The third-order valence-corrected chi connectivity index (χ3v) is 8.50. The van der Waals surface area contributed by atoms with E-state index in [0.29, 0.717) is 42.3 Å². The van der Waals surface area contributed by atoms with E-state index in [9.17, 15) is 13.2 Å². The number of carbonyl (C=O) groups is 1. The van der Waals surface area contributed by atoms with Crippen molar-refractivity contribution in [3.63, 3.8) is 0 Å². The maximum Gasteiger partial charge on any atom is 0.243 e. The average molecular weight is 475 g/mol. The molecule has 8 heteroatoms. The Morgan fingerprint density at radius 1 is 1.00 bits per heavy atom. The highest BCUT2D eigenvalue weighted by atomic mass is 32.2. The summed E-state index contributed by atoms with van der Waals surface area (Å²) in [7, 11) is -0.438. The molecule has 1 unspecified atom stereocenters. The fourth-order valence-corrected chi connectivity index (χ4v) is 6.48. The first kappa shape index (κ1) is 25.1. The van der Waals surface area contributed by atoms with E-state index in [1.165, 1.54) is 4.31 Å². The summed E-state index contributed by atoms with van der Waals surface area (Å²) in [4.78, 5) is 13.3. The Kier molecular flexibility index (Phi) is 7.69. The minimum absolute atomic E-state index is 0.0583. The highest BCUT2D eigenvalue weighted by Crippen LogP contribution is 2.31. The van der Waals surface area contributed by atoms with Crippen molar-refractivity contribution in [2.45, 2.75) is 51.5 Å². The summed E-state index contributed by atoms with van der Waals surface area (Å²) in [5.41, 5.74) is 3.47. The lowest BCUT2D eigenvalue weighted by atomic mass is 9.96. The molecule has 0 aliphatic carbocycles. The fourth-order valence-electron chi connectivity index (χ4n) is 4.60. The second kappa shape index (κ2) is 10.1. The number of amides is 1. The first-order valence-corrected chi connectivity index (χ1v) is 12.6. The van der Waals surface area contributed by atoms with E-state index in [1.807, 2.05) is 58.0 Å². The summed E-state index contributed by atoms with van der Waals surface area (Å²) in [6.45, 7) is 8.21. The smallest absolute Gasteiger partial charge is 0.243 e. The van der Waals surface area contributed by atoms with Crippen LogP contribution in [-0.2, 0) is 14.8 Å². The Labute approximate surface area is 197 Å². The minimum Gasteiger partial charge on any atom is -0.493 e. The van der Waals surface area contributed by atoms with Crippen molar-refractivity contribution < 1.29 is 22.7 Å². The van der Waals surface area contributed by atoms with E-state index < -0.39 is 10.0 Å². The summed E-state index contributed by atoms with van der Waals surface area (Å²) in [5, 5.41) is 3.06. The van der Waals surface area contributed by atoms with Crippen LogP contribution in [0.1, 0.15) is 48.1 Å². The van der Waals surface area contributed by atoms with E-state index in [2.05, 4.69) is 5.32 Å². The number of sulfonamides is 1. The molecule has 1 aliphatic heterocycles. The molecule has 33 heavy (non-hydrogen) atoms. The predicted molar refractivity (Wildman–Crippen MR) is 128 cm³/mol. The van der Waals surface area contributed by atoms with Crippen LogP contribution in [-0.4, -0.2) is 45.9 Å². The molecular formula is C25H34N2O5S. The van der Waals surface area contributed by atoms with Crippen LogP contribution < -0.4 is 14.8 Å². The summed E-state index contributed by atoms with van der Waals surface area (Å²) in [6.07, 6.45) is 0.987. The Morgan fingerprint density at radius 3 is 2.12 bits per heavy atom. The minimum atomic E-state index is -3.59. The van der Waals surface area contributed by atoms with Gasteiger partial charge < -0.3 is 14.8 Å². The van der Waals surface area contributed by atoms with Crippen molar-refractivity contribution in [2.75, 3.05) is 27.3 Å². The van der Waals surface area contributed by atoms with Gasteiger partial charge in [-0.15, -0.1) is 0 Å². The van der Waals surface area contributed by atoms with Crippen LogP contribution in [0.3, 0.4) is 0 Å².